The van der Waals surface area contributed by atoms with Gasteiger partial charge in [0.25, 0.3) is 0 Å². The first-order valence-electron chi connectivity index (χ1n) is 9.87. The minimum atomic E-state index is -1.07. The third-order valence-electron chi connectivity index (χ3n) is 7.47. The molecular weight excluding hydrogens is 316 g/mol. The number of hydrogen-bond acceptors (Lipinski definition) is 4. The van der Waals surface area contributed by atoms with Crippen LogP contribution in [-0.4, -0.2) is 29.1 Å². The van der Waals surface area contributed by atoms with E-state index in [1.807, 2.05) is 13.8 Å². The maximum Gasteiger partial charge on any atom is 0.169 e. The molecule has 2 saturated carbocycles. The van der Waals surface area contributed by atoms with Crippen LogP contribution < -0.4 is 0 Å². The number of allylic oxidation sites excluding steroid dienone is 1. The summed E-state index contributed by atoms with van der Waals surface area (Å²) in [6.07, 6.45) is 6.08. The second-order valence-electron chi connectivity index (χ2n) is 8.40. The fourth-order valence-electron chi connectivity index (χ4n) is 5.98. The van der Waals surface area contributed by atoms with Crippen LogP contribution in [0.1, 0.15) is 66.2 Å². The highest BCUT2D eigenvalue weighted by molar-refractivity contribution is 5.93. The molecule has 0 aromatic rings. The highest BCUT2D eigenvalue weighted by Gasteiger charge is 2.56. The predicted octanol–water partition coefficient (Wildman–Crippen LogP) is 3.67. The van der Waals surface area contributed by atoms with E-state index < -0.39 is 11.2 Å². The molecule has 25 heavy (non-hydrogen) atoms. The van der Waals surface area contributed by atoms with Gasteiger partial charge in [-0.1, -0.05) is 25.5 Å². The highest BCUT2D eigenvalue weighted by atomic mass is 16.6. The van der Waals surface area contributed by atoms with Gasteiger partial charge in [0.1, 0.15) is 11.6 Å². The quantitative estimate of drug-likeness (QED) is 0.622. The lowest BCUT2D eigenvalue weighted by Crippen LogP contribution is -2.54. The van der Waals surface area contributed by atoms with Crippen molar-refractivity contribution in [3.8, 4) is 0 Å². The first-order valence-corrected chi connectivity index (χ1v) is 9.87. The molecule has 0 radical (unpaired) electrons. The molecule has 0 saturated heterocycles. The average molecular weight is 348 g/mol. The number of aliphatic hydroxyl groups is 1. The van der Waals surface area contributed by atoms with E-state index in [0.717, 1.165) is 19.3 Å². The number of carbonyl (C=O) groups is 2. The minimum absolute atomic E-state index is 0.0141. The summed E-state index contributed by atoms with van der Waals surface area (Å²) < 4.78 is 5.57. The van der Waals surface area contributed by atoms with Gasteiger partial charge in [-0.05, 0) is 50.9 Å². The molecule has 6 unspecified atom stereocenters. The van der Waals surface area contributed by atoms with E-state index in [1.165, 1.54) is 5.57 Å². The van der Waals surface area contributed by atoms with Crippen LogP contribution in [0.4, 0.5) is 0 Å². The Bertz CT molecular complexity index is 595. The van der Waals surface area contributed by atoms with E-state index in [0.29, 0.717) is 25.9 Å². The van der Waals surface area contributed by atoms with Gasteiger partial charge in [0.2, 0.25) is 0 Å². The SMILES string of the molecule is CCOC1(O)CCC2C(=CCC3C2C(=O)CC(CC)(C(C)=O)C3C)C1. The third kappa shape index (κ3) is 2.91. The van der Waals surface area contributed by atoms with E-state index in [-0.39, 0.29) is 35.2 Å². The zero-order chi connectivity index (χ0) is 18.4. The second-order valence-corrected chi connectivity index (χ2v) is 8.40. The van der Waals surface area contributed by atoms with Crippen molar-refractivity contribution in [2.75, 3.05) is 6.61 Å². The van der Waals surface area contributed by atoms with E-state index in [1.54, 1.807) is 6.92 Å². The van der Waals surface area contributed by atoms with Gasteiger partial charge >= 0.3 is 0 Å². The lowest BCUT2D eigenvalue weighted by atomic mass is 9.50. The van der Waals surface area contributed by atoms with Crippen molar-refractivity contribution in [1.29, 1.82) is 0 Å². The summed E-state index contributed by atoms with van der Waals surface area (Å²) >= 11 is 0. The number of ether oxygens (including phenoxy) is 1. The minimum Gasteiger partial charge on any atom is -0.365 e. The molecule has 3 aliphatic rings. The summed E-state index contributed by atoms with van der Waals surface area (Å²) in [5.41, 5.74) is 0.709. The standard InChI is InChI=1S/C21H32O4/c1-5-20(14(4)22)12-18(23)19-16(13(20)3)8-7-15-11-21(24,25-6-2)10-9-17(15)19/h7,13,16-17,19,24H,5-6,8-12H2,1-4H3. The Kier molecular flexibility index (Phi) is 4.97. The van der Waals surface area contributed by atoms with Crippen molar-refractivity contribution >= 4 is 11.6 Å². The van der Waals surface area contributed by atoms with E-state index >= 15 is 0 Å². The van der Waals surface area contributed by atoms with Crippen molar-refractivity contribution in [2.24, 2.45) is 29.1 Å². The Hall–Kier alpha value is -1.00. The summed E-state index contributed by atoms with van der Waals surface area (Å²) in [6.45, 7) is 8.26. The molecule has 6 atom stereocenters. The van der Waals surface area contributed by atoms with Crippen molar-refractivity contribution in [1.82, 2.24) is 0 Å². The zero-order valence-electron chi connectivity index (χ0n) is 16.0. The Morgan fingerprint density at radius 1 is 1.36 bits per heavy atom. The van der Waals surface area contributed by atoms with Crippen LogP contribution in [0.3, 0.4) is 0 Å². The van der Waals surface area contributed by atoms with Crippen LogP contribution in [0, 0.1) is 29.1 Å². The number of carbonyl (C=O) groups excluding carboxylic acids is 2. The van der Waals surface area contributed by atoms with E-state index in [9.17, 15) is 14.7 Å². The molecule has 0 spiro atoms. The molecule has 0 aromatic carbocycles. The number of rotatable bonds is 4. The molecule has 140 valence electrons. The normalized spacial score (nSPS) is 43.9. The van der Waals surface area contributed by atoms with Crippen molar-refractivity contribution < 1.29 is 19.4 Å². The summed E-state index contributed by atoms with van der Waals surface area (Å²) in [5.74, 6) is 0.0626. The van der Waals surface area contributed by atoms with Gasteiger partial charge in [-0.2, -0.15) is 0 Å². The van der Waals surface area contributed by atoms with Crippen molar-refractivity contribution in [3.63, 3.8) is 0 Å². The van der Waals surface area contributed by atoms with Gasteiger partial charge in [-0.3, -0.25) is 9.59 Å². The van der Waals surface area contributed by atoms with Gasteiger partial charge in [0.05, 0.1) is 0 Å². The molecule has 4 nitrogen and oxygen atoms in total. The lowest BCUT2D eigenvalue weighted by molar-refractivity contribution is -0.215. The zero-order valence-corrected chi connectivity index (χ0v) is 16.0. The van der Waals surface area contributed by atoms with E-state index in [4.69, 9.17) is 4.74 Å². The van der Waals surface area contributed by atoms with E-state index in [2.05, 4.69) is 13.0 Å². The van der Waals surface area contributed by atoms with Crippen LogP contribution in [0.2, 0.25) is 0 Å². The highest BCUT2D eigenvalue weighted by Crippen LogP contribution is 2.56. The molecule has 0 amide bonds. The van der Waals surface area contributed by atoms with Crippen LogP contribution in [0.15, 0.2) is 11.6 Å². The molecule has 0 aliphatic heterocycles. The number of fused-ring (bicyclic) bond motifs is 3. The Labute approximate surface area is 151 Å². The maximum absolute atomic E-state index is 13.1. The van der Waals surface area contributed by atoms with Gasteiger partial charge in [-0.25, -0.2) is 0 Å². The molecule has 3 rings (SSSR count). The van der Waals surface area contributed by atoms with Gasteiger partial charge in [-0.15, -0.1) is 0 Å². The van der Waals surface area contributed by atoms with Crippen LogP contribution >= 0.6 is 0 Å². The van der Waals surface area contributed by atoms with Crippen molar-refractivity contribution in [3.05, 3.63) is 11.6 Å². The molecule has 0 aromatic heterocycles. The third-order valence-corrected chi connectivity index (χ3v) is 7.47. The number of Topliss-reactive ketones (excluding diaryl/α,β-unsaturated/α-hetero) is 2. The van der Waals surface area contributed by atoms with Gasteiger partial charge in [0, 0.05) is 37.2 Å². The summed E-state index contributed by atoms with van der Waals surface area (Å²) in [6, 6.07) is 0. The monoisotopic (exact) mass is 348 g/mol. The Morgan fingerprint density at radius 2 is 2.08 bits per heavy atom. The second kappa shape index (κ2) is 6.62. The number of hydrogen-bond donors (Lipinski definition) is 1. The van der Waals surface area contributed by atoms with Crippen LogP contribution in [0.5, 0.6) is 0 Å². The smallest absolute Gasteiger partial charge is 0.169 e. The Morgan fingerprint density at radius 3 is 2.68 bits per heavy atom. The summed E-state index contributed by atoms with van der Waals surface area (Å²) in [4.78, 5) is 25.5. The van der Waals surface area contributed by atoms with Crippen LogP contribution in [0.25, 0.3) is 0 Å². The first kappa shape index (κ1) is 18.8. The largest absolute Gasteiger partial charge is 0.365 e. The molecule has 4 heteroatoms. The summed E-state index contributed by atoms with van der Waals surface area (Å²) in [7, 11) is 0. The molecular formula is C21H32O4. The molecule has 2 fully saturated rings. The Balaban J connectivity index is 1.89. The average Bonchev–Trinajstić information content (AvgIpc) is 2.56. The van der Waals surface area contributed by atoms with Crippen LogP contribution in [-0.2, 0) is 14.3 Å². The van der Waals surface area contributed by atoms with Gasteiger partial charge in [0.15, 0.2) is 5.79 Å². The fourth-order valence-corrected chi connectivity index (χ4v) is 5.98. The lowest BCUT2D eigenvalue weighted by Gasteiger charge is -2.53. The number of ketones is 2. The molecule has 0 bridgehead atoms. The molecule has 3 aliphatic carbocycles. The summed E-state index contributed by atoms with van der Waals surface area (Å²) in [5, 5.41) is 10.6. The van der Waals surface area contributed by atoms with Gasteiger partial charge < -0.3 is 9.84 Å². The fraction of sp³-hybridized carbons (Fsp3) is 0.810. The van der Waals surface area contributed by atoms with Crippen molar-refractivity contribution in [2.45, 2.75) is 72.0 Å². The first-order chi connectivity index (χ1) is 11.8. The molecule has 1 N–H and O–H groups in total. The molecule has 0 heterocycles. The predicted molar refractivity (Wildman–Crippen MR) is 95.8 cm³/mol. The maximum atomic E-state index is 13.1. The topological polar surface area (TPSA) is 63.6 Å².